The van der Waals surface area contributed by atoms with Crippen molar-refractivity contribution in [3.63, 3.8) is 0 Å². The van der Waals surface area contributed by atoms with Crippen molar-refractivity contribution < 1.29 is 19.4 Å². The van der Waals surface area contributed by atoms with E-state index in [1.807, 2.05) is 66.7 Å². The lowest BCUT2D eigenvalue weighted by Gasteiger charge is -2.16. The van der Waals surface area contributed by atoms with E-state index >= 15 is 0 Å². The predicted octanol–water partition coefficient (Wildman–Crippen LogP) is 6.44. The highest BCUT2D eigenvalue weighted by molar-refractivity contribution is 6.31. The number of carbonyl (C=O) groups excluding carboxylic acids is 1. The molecular formula is C27H24ClN3O4. The minimum Gasteiger partial charge on any atom is -0.481 e. The van der Waals surface area contributed by atoms with Crippen LogP contribution >= 0.6 is 11.6 Å². The van der Waals surface area contributed by atoms with Crippen LogP contribution in [0.1, 0.15) is 29.8 Å². The Balaban J connectivity index is 1.48. The predicted molar refractivity (Wildman–Crippen MR) is 135 cm³/mol. The Bertz CT molecular complexity index is 1350. The number of amides is 1. The van der Waals surface area contributed by atoms with Gasteiger partial charge in [0.05, 0.1) is 12.1 Å². The van der Waals surface area contributed by atoms with Gasteiger partial charge < -0.3 is 9.84 Å². The van der Waals surface area contributed by atoms with E-state index in [4.69, 9.17) is 21.4 Å². The van der Waals surface area contributed by atoms with Gasteiger partial charge in [0, 0.05) is 16.3 Å². The summed E-state index contributed by atoms with van der Waals surface area (Å²) < 4.78 is 7.31. The number of aliphatic carboxylic acids is 1. The zero-order valence-corrected chi connectivity index (χ0v) is 20.0. The van der Waals surface area contributed by atoms with Crippen LogP contribution in [0, 0.1) is 6.92 Å². The number of aryl methyl sites for hydroxylation is 1. The van der Waals surface area contributed by atoms with Gasteiger partial charge in [-0.05, 0) is 48.7 Å². The Labute approximate surface area is 208 Å². The quantitative estimate of drug-likeness (QED) is 0.311. The second-order valence-electron chi connectivity index (χ2n) is 8.06. The Morgan fingerprint density at radius 2 is 1.66 bits per heavy atom. The summed E-state index contributed by atoms with van der Waals surface area (Å²) in [6, 6.07) is 22.4. The number of nitrogens with zero attached hydrogens (tertiary/aromatic N) is 2. The smallest absolute Gasteiger partial charge is 0.413 e. The molecule has 1 aromatic heterocycles. The molecule has 3 aromatic carbocycles. The summed E-state index contributed by atoms with van der Waals surface area (Å²) in [5.41, 5.74) is 4.88. The molecule has 1 heterocycles. The average Bonchev–Trinajstić information content (AvgIpc) is 3.19. The van der Waals surface area contributed by atoms with E-state index in [1.165, 1.54) is 0 Å². The molecule has 0 saturated heterocycles. The highest BCUT2D eigenvalue weighted by Gasteiger charge is 2.18. The fourth-order valence-electron chi connectivity index (χ4n) is 3.74. The molecule has 1 amide bonds. The van der Waals surface area contributed by atoms with Gasteiger partial charge in [0.1, 0.15) is 18.2 Å². The Hall–Kier alpha value is -4.10. The van der Waals surface area contributed by atoms with Crippen molar-refractivity contribution in [3.05, 3.63) is 101 Å². The maximum atomic E-state index is 12.6. The van der Waals surface area contributed by atoms with Crippen LogP contribution in [-0.4, -0.2) is 26.7 Å². The van der Waals surface area contributed by atoms with Gasteiger partial charge in [-0.2, -0.15) is 0 Å². The monoisotopic (exact) mass is 489 g/mol. The van der Waals surface area contributed by atoms with E-state index in [0.29, 0.717) is 16.5 Å². The molecule has 4 aromatic rings. The third-order valence-corrected chi connectivity index (χ3v) is 5.93. The van der Waals surface area contributed by atoms with Crippen LogP contribution in [0.4, 0.5) is 10.6 Å². The summed E-state index contributed by atoms with van der Waals surface area (Å²) in [7, 11) is 0. The van der Waals surface area contributed by atoms with Gasteiger partial charge in [-0.25, -0.2) is 9.78 Å². The van der Waals surface area contributed by atoms with Gasteiger partial charge in [0.2, 0.25) is 0 Å². The van der Waals surface area contributed by atoms with Gasteiger partial charge in [-0.1, -0.05) is 66.2 Å². The van der Waals surface area contributed by atoms with E-state index in [2.05, 4.69) is 10.3 Å². The third kappa shape index (κ3) is 5.70. The average molecular weight is 490 g/mol. The van der Waals surface area contributed by atoms with Gasteiger partial charge in [0.25, 0.3) is 0 Å². The number of halogens is 1. The lowest BCUT2D eigenvalue weighted by Crippen LogP contribution is -2.18. The van der Waals surface area contributed by atoms with E-state index < -0.39 is 18.2 Å². The number of imidazole rings is 1. The van der Waals surface area contributed by atoms with Gasteiger partial charge in [-0.3, -0.25) is 14.7 Å². The molecule has 7 nitrogen and oxygen atoms in total. The molecular weight excluding hydrogens is 466 g/mol. The minimum atomic E-state index is -0.857. The number of rotatable bonds is 7. The van der Waals surface area contributed by atoms with E-state index in [0.717, 1.165) is 27.9 Å². The molecule has 1 atom stereocenters. The summed E-state index contributed by atoms with van der Waals surface area (Å²) in [6.07, 6.45) is 0.495. The Morgan fingerprint density at radius 3 is 2.29 bits per heavy atom. The Morgan fingerprint density at radius 1 is 1.03 bits per heavy atom. The first-order valence-corrected chi connectivity index (χ1v) is 11.4. The van der Waals surface area contributed by atoms with Crippen LogP contribution in [0.25, 0.3) is 16.8 Å². The number of anilines is 1. The number of carbonyl (C=O) groups is 2. The second-order valence-corrected chi connectivity index (χ2v) is 8.46. The molecule has 0 aliphatic heterocycles. The summed E-state index contributed by atoms with van der Waals surface area (Å²) in [5.74, 6) is -0.350. The molecule has 0 saturated carbocycles. The van der Waals surface area contributed by atoms with Crippen molar-refractivity contribution in [2.45, 2.75) is 26.4 Å². The lowest BCUT2D eigenvalue weighted by atomic mass is 10.0. The van der Waals surface area contributed by atoms with E-state index in [-0.39, 0.29) is 6.42 Å². The van der Waals surface area contributed by atoms with Crippen molar-refractivity contribution in [2.75, 3.05) is 5.32 Å². The normalized spacial score (nSPS) is 11.6. The van der Waals surface area contributed by atoms with Gasteiger partial charge in [-0.15, -0.1) is 0 Å². The van der Waals surface area contributed by atoms with Gasteiger partial charge >= 0.3 is 12.1 Å². The van der Waals surface area contributed by atoms with Crippen LogP contribution in [-0.2, 0) is 16.0 Å². The third-order valence-electron chi connectivity index (χ3n) is 5.59. The number of benzene rings is 3. The van der Waals surface area contributed by atoms with Crippen molar-refractivity contribution >= 4 is 29.5 Å². The number of nitrogens with one attached hydrogen (secondary N) is 1. The fraction of sp³-hybridized carbons (Fsp3) is 0.148. The number of hydrogen-bond acceptors (Lipinski definition) is 4. The highest BCUT2D eigenvalue weighted by Crippen LogP contribution is 2.27. The van der Waals surface area contributed by atoms with Crippen molar-refractivity contribution in [1.29, 1.82) is 0 Å². The lowest BCUT2D eigenvalue weighted by molar-refractivity contribution is -0.136. The van der Waals surface area contributed by atoms with Crippen molar-refractivity contribution in [2.24, 2.45) is 0 Å². The number of carboxylic acid groups (broad SMARTS) is 1. The second kappa shape index (κ2) is 10.4. The summed E-state index contributed by atoms with van der Waals surface area (Å²) >= 11 is 6.21. The topological polar surface area (TPSA) is 93.5 Å². The number of aromatic nitrogens is 2. The molecule has 178 valence electrons. The number of carboxylic acids is 1. The molecule has 0 radical (unpaired) electrons. The molecule has 0 fully saturated rings. The molecule has 0 bridgehead atoms. The first kappa shape index (κ1) is 24.0. The minimum absolute atomic E-state index is 0.00538. The Kier molecular flexibility index (Phi) is 7.17. The van der Waals surface area contributed by atoms with Crippen LogP contribution in [0.5, 0.6) is 0 Å². The summed E-state index contributed by atoms with van der Waals surface area (Å²) in [5, 5.41) is 12.3. The summed E-state index contributed by atoms with van der Waals surface area (Å²) in [4.78, 5) is 27.8. The molecule has 8 heteroatoms. The molecule has 0 aliphatic carbocycles. The van der Waals surface area contributed by atoms with Crippen LogP contribution in [0.15, 0.2) is 79.1 Å². The summed E-state index contributed by atoms with van der Waals surface area (Å²) in [6.45, 7) is 3.56. The molecule has 2 N–H and O–H groups in total. The molecule has 1 unspecified atom stereocenters. The van der Waals surface area contributed by atoms with Crippen molar-refractivity contribution in [1.82, 2.24) is 9.55 Å². The maximum Gasteiger partial charge on any atom is 0.413 e. The molecule has 0 aliphatic rings. The van der Waals surface area contributed by atoms with Crippen LogP contribution in [0.3, 0.4) is 0 Å². The first-order valence-electron chi connectivity index (χ1n) is 11.0. The van der Waals surface area contributed by atoms with Gasteiger partial charge in [0.15, 0.2) is 0 Å². The first-order chi connectivity index (χ1) is 16.8. The maximum absolute atomic E-state index is 12.6. The van der Waals surface area contributed by atoms with Crippen molar-refractivity contribution in [3.8, 4) is 16.8 Å². The van der Waals surface area contributed by atoms with E-state index in [1.54, 1.807) is 30.8 Å². The van der Waals surface area contributed by atoms with Crippen LogP contribution < -0.4 is 5.32 Å². The zero-order chi connectivity index (χ0) is 24.9. The van der Waals surface area contributed by atoms with E-state index in [9.17, 15) is 9.59 Å². The molecule has 35 heavy (non-hydrogen) atoms. The number of ether oxygens (including phenoxy) is 1. The standard InChI is InChI=1S/C27H24ClN3O4/c1-17-26(30-27(34)35-18(2)23-5-3-4-6-24(23)28)31(16-29-17)22-13-11-21(12-14-22)20-9-7-19(8-10-20)15-25(32)33/h3-14,16,18H,15H2,1-2H3,(H,30,34)(H,32,33). The fourth-order valence-corrected chi connectivity index (χ4v) is 4.03. The SMILES string of the molecule is Cc1ncn(-c2ccc(-c3ccc(CC(=O)O)cc3)cc2)c1NC(=O)OC(C)c1ccccc1Cl. The molecule has 0 spiro atoms. The largest absolute Gasteiger partial charge is 0.481 e. The number of hydrogen-bond donors (Lipinski definition) is 2. The molecule has 4 rings (SSSR count). The van der Waals surface area contributed by atoms with Crippen LogP contribution in [0.2, 0.25) is 5.02 Å². The zero-order valence-electron chi connectivity index (χ0n) is 19.2. The highest BCUT2D eigenvalue weighted by atomic mass is 35.5.